The fraction of sp³-hybridized carbons (Fsp3) is 0.125. The third-order valence-corrected chi connectivity index (χ3v) is 2.15. The molecule has 6 heteroatoms. The van der Waals surface area contributed by atoms with Crippen molar-refractivity contribution in [1.29, 1.82) is 0 Å². The lowest BCUT2D eigenvalue weighted by atomic mass is 10.2. The van der Waals surface area contributed by atoms with Crippen LogP contribution >= 0.6 is 15.9 Å². The summed E-state index contributed by atoms with van der Waals surface area (Å²) in [5.41, 5.74) is 1.20. The maximum absolute atomic E-state index is 10.5. The number of hydrogen-bond donors (Lipinski definition) is 1. The molecule has 2 heterocycles. The smallest absolute Gasteiger partial charge is 0.308 e. The minimum Gasteiger partial charge on any atom is -0.481 e. The second-order valence-electron chi connectivity index (χ2n) is 2.78. The summed E-state index contributed by atoms with van der Waals surface area (Å²) < 4.78 is 2.34. The van der Waals surface area contributed by atoms with Gasteiger partial charge in [0, 0.05) is 18.0 Å². The van der Waals surface area contributed by atoms with E-state index in [2.05, 4.69) is 26.0 Å². The first-order valence-corrected chi connectivity index (χ1v) is 4.65. The highest BCUT2D eigenvalue weighted by Crippen LogP contribution is 2.12. The largest absolute Gasteiger partial charge is 0.481 e. The molecule has 0 aliphatic rings. The number of carbonyl (C=O) groups is 1. The topological polar surface area (TPSA) is 67.5 Å². The maximum atomic E-state index is 10.5. The van der Waals surface area contributed by atoms with E-state index < -0.39 is 5.97 Å². The zero-order chi connectivity index (χ0) is 10.1. The summed E-state index contributed by atoms with van der Waals surface area (Å²) in [5, 5.41) is 12.6. The Morgan fingerprint density at radius 3 is 3.07 bits per heavy atom. The highest BCUT2D eigenvalue weighted by molar-refractivity contribution is 9.10. The molecular formula is C8H6BrN3O2. The Morgan fingerprint density at radius 1 is 1.57 bits per heavy atom. The van der Waals surface area contributed by atoms with Crippen molar-refractivity contribution < 1.29 is 9.90 Å². The number of aromatic nitrogens is 3. The van der Waals surface area contributed by atoms with Gasteiger partial charge in [0.15, 0.2) is 5.65 Å². The Morgan fingerprint density at radius 2 is 2.36 bits per heavy atom. The number of aliphatic carboxylic acids is 1. The van der Waals surface area contributed by atoms with Gasteiger partial charge >= 0.3 is 5.97 Å². The first-order valence-electron chi connectivity index (χ1n) is 3.86. The van der Waals surface area contributed by atoms with Crippen LogP contribution in [0.25, 0.3) is 5.65 Å². The van der Waals surface area contributed by atoms with Crippen molar-refractivity contribution in [2.24, 2.45) is 0 Å². The molecule has 0 aromatic carbocycles. The van der Waals surface area contributed by atoms with Gasteiger partial charge in [-0.05, 0) is 15.9 Å². The fourth-order valence-corrected chi connectivity index (χ4v) is 1.48. The van der Waals surface area contributed by atoms with Gasteiger partial charge in [0.25, 0.3) is 0 Å². The standard InChI is InChI=1S/C8H6BrN3O2/c9-6-3-10-8-5(1-7(13)14)2-11-12(8)4-6/h2-4H,1H2,(H,13,14). The summed E-state index contributed by atoms with van der Waals surface area (Å²) in [6.45, 7) is 0. The van der Waals surface area contributed by atoms with E-state index >= 15 is 0 Å². The lowest BCUT2D eigenvalue weighted by Crippen LogP contribution is -2.00. The molecule has 0 aliphatic heterocycles. The van der Waals surface area contributed by atoms with Gasteiger partial charge < -0.3 is 5.11 Å². The summed E-state index contributed by atoms with van der Waals surface area (Å²) in [6, 6.07) is 0. The number of hydrogen-bond acceptors (Lipinski definition) is 3. The van der Waals surface area contributed by atoms with Crippen LogP contribution in [0.5, 0.6) is 0 Å². The molecule has 0 aliphatic carbocycles. The molecule has 0 unspecified atom stereocenters. The molecule has 0 amide bonds. The molecule has 2 rings (SSSR count). The summed E-state index contributed by atoms with van der Waals surface area (Å²) in [6.07, 6.45) is 4.80. The first-order chi connectivity index (χ1) is 6.66. The minimum absolute atomic E-state index is 0.0574. The predicted octanol–water partition coefficient (Wildman–Crippen LogP) is 1.12. The Bertz CT molecular complexity index is 494. The van der Waals surface area contributed by atoms with Gasteiger partial charge in [-0.25, -0.2) is 9.50 Å². The third kappa shape index (κ3) is 1.60. The van der Waals surface area contributed by atoms with Gasteiger partial charge in [0.1, 0.15) is 0 Å². The number of carboxylic acids is 1. The molecule has 0 saturated heterocycles. The summed E-state index contributed by atoms with van der Waals surface area (Å²) in [4.78, 5) is 14.6. The van der Waals surface area contributed by atoms with E-state index in [4.69, 9.17) is 5.11 Å². The van der Waals surface area contributed by atoms with E-state index in [1.165, 1.54) is 6.20 Å². The number of halogens is 1. The molecule has 0 atom stereocenters. The van der Waals surface area contributed by atoms with Crippen LogP contribution in [0.15, 0.2) is 23.1 Å². The average molecular weight is 256 g/mol. The van der Waals surface area contributed by atoms with Gasteiger partial charge in [0.05, 0.1) is 17.1 Å². The Hall–Kier alpha value is -1.43. The Kier molecular flexibility index (Phi) is 2.20. The van der Waals surface area contributed by atoms with Gasteiger partial charge in [0.2, 0.25) is 0 Å². The maximum Gasteiger partial charge on any atom is 0.308 e. The van der Waals surface area contributed by atoms with Gasteiger partial charge in [-0.15, -0.1) is 0 Å². The summed E-state index contributed by atoms with van der Waals surface area (Å²) in [5.74, 6) is -0.885. The summed E-state index contributed by atoms with van der Waals surface area (Å²) in [7, 11) is 0. The zero-order valence-corrected chi connectivity index (χ0v) is 8.60. The van der Waals surface area contributed by atoms with Crippen LogP contribution in [0.4, 0.5) is 0 Å². The van der Waals surface area contributed by atoms with Gasteiger partial charge in [-0.2, -0.15) is 5.10 Å². The second-order valence-corrected chi connectivity index (χ2v) is 3.70. The molecule has 1 N–H and O–H groups in total. The minimum atomic E-state index is -0.885. The predicted molar refractivity (Wildman–Crippen MR) is 52.0 cm³/mol. The molecule has 2 aromatic rings. The zero-order valence-electron chi connectivity index (χ0n) is 7.01. The lowest BCUT2D eigenvalue weighted by Gasteiger charge is -1.94. The van der Waals surface area contributed by atoms with Crippen LogP contribution in [0.3, 0.4) is 0 Å². The Labute approximate surface area is 87.5 Å². The fourth-order valence-electron chi connectivity index (χ4n) is 1.19. The molecule has 2 aromatic heterocycles. The quantitative estimate of drug-likeness (QED) is 0.874. The average Bonchev–Trinajstić information content (AvgIpc) is 2.47. The molecule has 0 spiro atoms. The van der Waals surface area contributed by atoms with Crippen LogP contribution < -0.4 is 0 Å². The highest BCUT2D eigenvalue weighted by atomic mass is 79.9. The van der Waals surface area contributed by atoms with E-state index in [0.717, 1.165) is 4.47 Å². The van der Waals surface area contributed by atoms with Crippen molar-refractivity contribution in [1.82, 2.24) is 14.6 Å². The lowest BCUT2D eigenvalue weighted by molar-refractivity contribution is -0.136. The number of rotatable bonds is 2. The number of fused-ring (bicyclic) bond motifs is 1. The molecule has 72 valence electrons. The van der Waals surface area contributed by atoms with Crippen LogP contribution in [-0.2, 0) is 11.2 Å². The van der Waals surface area contributed by atoms with Crippen molar-refractivity contribution in [3.8, 4) is 0 Å². The molecule has 5 nitrogen and oxygen atoms in total. The Balaban J connectivity index is 2.52. The van der Waals surface area contributed by atoms with E-state index in [0.29, 0.717) is 11.2 Å². The first kappa shape index (κ1) is 9.14. The van der Waals surface area contributed by atoms with Crippen molar-refractivity contribution in [2.75, 3.05) is 0 Å². The monoisotopic (exact) mass is 255 g/mol. The number of carboxylic acid groups (broad SMARTS) is 1. The molecule has 0 fully saturated rings. The van der Waals surface area contributed by atoms with Gasteiger partial charge in [-0.1, -0.05) is 0 Å². The van der Waals surface area contributed by atoms with E-state index in [-0.39, 0.29) is 6.42 Å². The van der Waals surface area contributed by atoms with Crippen LogP contribution in [0.1, 0.15) is 5.56 Å². The summed E-state index contributed by atoms with van der Waals surface area (Å²) >= 11 is 3.25. The number of nitrogens with zero attached hydrogens (tertiary/aromatic N) is 3. The van der Waals surface area contributed by atoms with Crippen LogP contribution in [-0.4, -0.2) is 25.7 Å². The molecule has 0 bridgehead atoms. The second kappa shape index (κ2) is 3.38. The SMILES string of the molecule is O=C(O)Cc1cnn2cc(Br)cnc12. The molecular weight excluding hydrogens is 250 g/mol. The van der Waals surface area contributed by atoms with Crippen LogP contribution in [0.2, 0.25) is 0 Å². The van der Waals surface area contributed by atoms with Crippen molar-refractivity contribution in [2.45, 2.75) is 6.42 Å². The van der Waals surface area contributed by atoms with Gasteiger partial charge in [-0.3, -0.25) is 4.79 Å². The highest BCUT2D eigenvalue weighted by Gasteiger charge is 2.08. The molecule has 14 heavy (non-hydrogen) atoms. The van der Waals surface area contributed by atoms with Crippen LogP contribution in [0, 0.1) is 0 Å². The van der Waals surface area contributed by atoms with E-state index in [1.807, 2.05) is 0 Å². The molecule has 0 radical (unpaired) electrons. The van der Waals surface area contributed by atoms with Crippen molar-refractivity contribution in [3.05, 3.63) is 28.6 Å². The van der Waals surface area contributed by atoms with E-state index in [9.17, 15) is 4.79 Å². The van der Waals surface area contributed by atoms with Crippen molar-refractivity contribution in [3.63, 3.8) is 0 Å². The van der Waals surface area contributed by atoms with Crippen molar-refractivity contribution >= 4 is 27.5 Å². The molecule has 0 saturated carbocycles. The van der Waals surface area contributed by atoms with E-state index in [1.54, 1.807) is 16.9 Å². The normalized spacial score (nSPS) is 10.6. The third-order valence-electron chi connectivity index (χ3n) is 1.74.